The van der Waals surface area contributed by atoms with Crippen LogP contribution in [0.2, 0.25) is 5.02 Å². The lowest BCUT2D eigenvalue weighted by Gasteiger charge is -2.42. The molecule has 9 nitrogen and oxygen atoms in total. The summed E-state index contributed by atoms with van der Waals surface area (Å²) in [5.74, 6) is 1.59. The molecule has 0 unspecified atom stereocenters. The molecule has 10 heteroatoms. The Labute approximate surface area is 237 Å². The number of pyridine rings is 1. The molecule has 2 aliphatic carbocycles. The third-order valence-electron chi connectivity index (χ3n) is 8.52. The summed E-state index contributed by atoms with van der Waals surface area (Å²) in [6, 6.07) is 12.3. The molecule has 2 fully saturated rings. The van der Waals surface area contributed by atoms with Crippen LogP contribution in [-0.2, 0) is 16.7 Å². The lowest BCUT2D eigenvalue weighted by atomic mass is 9.63. The van der Waals surface area contributed by atoms with E-state index in [0.29, 0.717) is 27.8 Å². The molecule has 40 heavy (non-hydrogen) atoms. The fourth-order valence-electron chi connectivity index (χ4n) is 6.27. The first kappa shape index (κ1) is 26.4. The summed E-state index contributed by atoms with van der Waals surface area (Å²) in [5.41, 5.74) is 8.61. The summed E-state index contributed by atoms with van der Waals surface area (Å²) in [7, 11) is 0. The largest absolute Gasteiger partial charge is 0.411 e. The Morgan fingerprint density at radius 2 is 1.88 bits per heavy atom. The number of carbonyl (C=O) groups is 1. The summed E-state index contributed by atoms with van der Waals surface area (Å²) < 4.78 is 7.18. The van der Waals surface area contributed by atoms with Gasteiger partial charge in [-0.1, -0.05) is 68.1 Å². The molecule has 3 N–H and O–H groups in total. The number of halogens is 1. The molecule has 1 amide bonds. The van der Waals surface area contributed by atoms with Crippen molar-refractivity contribution in [2.75, 3.05) is 0 Å². The number of nitrogens with two attached hydrogens (primary N) is 1. The number of nitrogens with zero attached hydrogens (tertiary/aromatic N) is 5. The number of imidazole rings is 1. The highest BCUT2D eigenvalue weighted by atomic mass is 35.5. The van der Waals surface area contributed by atoms with Gasteiger partial charge >= 0.3 is 6.09 Å². The first-order valence-electron chi connectivity index (χ1n) is 13.9. The van der Waals surface area contributed by atoms with E-state index >= 15 is 0 Å². The molecule has 0 spiro atoms. The summed E-state index contributed by atoms with van der Waals surface area (Å²) in [5, 5.41) is 8.76. The number of nitrogens with one attached hydrogen (secondary N) is 1. The van der Waals surface area contributed by atoms with Crippen LogP contribution in [0, 0.1) is 17.2 Å². The van der Waals surface area contributed by atoms with E-state index < -0.39 is 12.0 Å². The molecule has 0 bridgehead atoms. The third-order valence-corrected chi connectivity index (χ3v) is 8.73. The lowest BCUT2D eigenvalue weighted by molar-refractivity contribution is 0.207. The van der Waals surface area contributed by atoms with Gasteiger partial charge in [0.05, 0.1) is 10.4 Å². The van der Waals surface area contributed by atoms with Gasteiger partial charge in [-0.05, 0) is 49.1 Å². The zero-order chi connectivity index (χ0) is 27.9. The first-order valence-corrected chi connectivity index (χ1v) is 14.2. The topological polar surface area (TPSA) is 133 Å². The molecule has 2 aliphatic rings. The van der Waals surface area contributed by atoms with E-state index in [0.717, 1.165) is 55.9 Å². The number of fused-ring (bicyclic) bond motifs is 1. The quantitative estimate of drug-likeness (QED) is 0.212. The van der Waals surface area contributed by atoms with Crippen LogP contribution in [0.25, 0.3) is 22.4 Å². The predicted octanol–water partition coefficient (Wildman–Crippen LogP) is 6.26. The van der Waals surface area contributed by atoms with Crippen molar-refractivity contribution >= 4 is 34.8 Å². The van der Waals surface area contributed by atoms with Gasteiger partial charge in [0.15, 0.2) is 5.65 Å². The summed E-state index contributed by atoms with van der Waals surface area (Å²) in [4.78, 5) is 30.3. The maximum Gasteiger partial charge on any atom is 0.411 e. The Morgan fingerprint density at radius 3 is 2.52 bits per heavy atom. The molecule has 0 atom stereocenters. The fourth-order valence-corrected chi connectivity index (χ4v) is 6.44. The first-order chi connectivity index (χ1) is 19.3. The number of amides is 1. The fraction of sp³-hybridized carbons (Fsp3) is 0.400. The molecule has 206 valence electrons. The van der Waals surface area contributed by atoms with Crippen LogP contribution in [0.5, 0.6) is 0 Å². The second kappa shape index (κ2) is 10.6. The molecule has 0 aliphatic heterocycles. The lowest BCUT2D eigenvalue weighted by Crippen LogP contribution is -2.39. The van der Waals surface area contributed by atoms with Crippen LogP contribution < -0.4 is 5.73 Å². The minimum Gasteiger partial charge on any atom is -0.388 e. The maximum absolute atomic E-state index is 11.4. The van der Waals surface area contributed by atoms with E-state index in [2.05, 4.69) is 45.7 Å². The van der Waals surface area contributed by atoms with Crippen LogP contribution in [0.15, 0.2) is 48.8 Å². The summed E-state index contributed by atoms with van der Waals surface area (Å²) >= 11 is 6.36. The van der Waals surface area contributed by atoms with E-state index in [4.69, 9.17) is 37.4 Å². The highest BCUT2D eigenvalue weighted by Gasteiger charge is 2.45. The van der Waals surface area contributed by atoms with E-state index in [-0.39, 0.29) is 11.2 Å². The molecule has 3 aromatic heterocycles. The van der Waals surface area contributed by atoms with Gasteiger partial charge in [0.2, 0.25) is 5.82 Å². The Morgan fingerprint density at radius 1 is 1.12 bits per heavy atom. The van der Waals surface area contributed by atoms with Gasteiger partial charge < -0.3 is 15.0 Å². The second-order valence-corrected chi connectivity index (χ2v) is 11.6. The Hall–Kier alpha value is -3.85. The van der Waals surface area contributed by atoms with Crippen LogP contribution in [0.4, 0.5) is 4.79 Å². The van der Waals surface area contributed by atoms with Crippen molar-refractivity contribution in [2.45, 2.75) is 63.8 Å². The maximum atomic E-state index is 11.4. The van der Waals surface area contributed by atoms with Gasteiger partial charge in [0.25, 0.3) is 5.90 Å². The molecule has 3 heterocycles. The number of rotatable bonds is 6. The number of primary amides is 1. The highest BCUT2D eigenvalue weighted by molar-refractivity contribution is 6.30. The molecular weight excluding hydrogens is 526 g/mol. The summed E-state index contributed by atoms with van der Waals surface area (Å²) in [6.07, 6.45) is 9.96. The van der Waals surface area contributed by atoms with Gasteiger partial charge in [-0.3, -0.25) is 10.4 Å². The number of carbonyl (C=O) groups excluding carboxylic acids is 1. The van der Waals surface area contributed by atoms with Gasteiger partial charge in [0.1, 0.15) is 17.0 Å². The smallest absolute Gasteiger partial charge is 0.388 e. The number of hydrogen-bond donors (Lipinski definition) is 2. The molecule has 2 saturated carbocycles. The SMILES string of the molecule is C[C@H]1CC[C@H](Cn2c(C3(c4ccccc4)CCC3)nc3nc(C(=N)OC(N)=O)nc(-c4cncc(Cl)c4)c32)CC1. The Balaban J connectivity index is 1.60. The Kier molecular flexibility index (Phi) is 7.00. The molecule has 4 aromatic rings. The minimum absolute atomic E-state index is 0.0775. The number of ether oxygens (including phenoxy) is 1. The van der Waals surface area contributed by atoms with E-state index in [1.165, 1.54) is 18.4 Å². The number of aromatic nitrogens is 5. The van der Waals surface area contributed by atoms with Crippen molar-refractivity contribution in [3.8, 4) is 11.3 Å². The second-order valence-electron chi connectivity index (χ2n) is 11.2. The average molecular weight is 558 g/mol. The van der Waals surface area contributed by atoms with Crippen molar-refractivity contribution < 1.29 is 9.53 Å². The zero-order valence-corrected chi connectivity index (χ0v) is 23.2. The Bertz CT molecular complexity index is 1570. The summed E-state index contributed by atoms with van der Waals surface area (Å²) in [6.45, 7) is 3.13. The van der Waals surface area contributed by atoms with Crippen LogP contribution in [0.3, 0.4) is 0 Å². The predicted molar refractivity (Wildman–Crippen MR) is 153 cm³/mol. The zero-order valence-electron chi connectivity index (χ0n) is 22.4. The van der Waals surface area contributed by atoms with Crippen molar-refractivity contribution in [3.63, 3.8) is 0 Å². The van der Waals surface area contributed by atoms with Crippen LogP contribution in [0.1, 0.15) is 69.1 Å². The van der Waals surface area contributed by atoms with Crippen molar-refractivity contribution in [3.05, 3.63) is 71.0 Å². The molecule has 0 radical (unpaired) electrons. The van der Waals surface area contributed by atoms with Crippen LogP contribution >= 0.6 is 11.6 Å². The molecule has 6 rings (SSSR count). The molecule has 0 saturated heterocycles. The van der Waals surface area contributed by atoms with Crippen molar-refractivity contribution in [1.29, 1.82) is 5.41 Å². The molecule has 1 aromatic carbocycles. The minimum atomic E-state index is -1.10. The normalized spacial score (nSPS) is 20.1. The monoisotopic (exact) mass is 557 g/mol. The average Bonchev–Trinajstić information content (AvgIpc) is 3.27. The van der Waals surface area contributed by atoms with Crippen molar-refractivity contribution in [2.24, 2.45) is 17.6 Å². The van der Waals surface area contributed by atoms with Crippen molar-refractivity contribution in [1.82, 2.24) is 24.5 Å². The van der Waals surface area contributed by atoms with E-state index in [1.54, 1.807) is 18.5 Å². The van der Waals surface area contributed by atoms with Crippen LogP contribution in [-0.4, -0.2) is 36.5 Å². The van der Waals surface area contributed by atoms with Gasteiger partial charge in [0, 0.05) is 24.5 Å². The van der Waals surface area contributed by atoms with E-state index in [9.17, 15) is 4.79 Å². The van der Waals surface area contributed by atoms with Gasteiger partial charge in [-0.15, -0.1) is 0 Å². The number of hydrogen-bond acceptors (Lipinski definition) is 7. The van der Waals surface area contributed by atoms with Gasteiger partial charge in [-0.2, -0.15) is 0 Å². The van der Waals surface area contributed by atoms with Gasteiger partial charge in [-0.25, -0.2) is 19.7 Å². The number of benzene rings is 1. The highest BCUT2D eigenvalue weighted by Crippen LogP contribution is 2.50. The third kappa shape index (κ3) is 4.83. The van der Waals surface area contributed by atoms with E-state index in [1.807, 2.05) is 6.07 Å². The molecular formula is C30H32ClN7O2. The standard InChI is InChI=1S/C30H32ClN7O2/c1-18-8-10-19(11-9-18)17-38-24-23(20-14-22(31)16-34-15-20)35-27(25(32)40-29(33)39)36-26(24)37-28(38)30(12-5-13-30)21-6-3-2-4-7-21/h2-4,6-7,14-16,18-19,32H,5,8-13,17H2,1H3,(H2,33,39)/t18-,19-.